The number of allylic oxidation sites excluding steroid dienone is 2. The van der Waals surface area contributed by atoms with Gasteiger partial charge in [-0.15, -0.1) is 5.92 Å². The summed E-state index contributed by atoms with van der Waals surface area (Å²) in [6.07, 6.45) is 5.01. The van der Waals surface area contributed by atoms with E-state index in [-0.39, 0.29) is 29.3 Å². The van der Waals surface area contributed by atoms with E-state index in [1.165, 1.54) is 5.57 Å². The monoisotopic (exact) mass is 444 g/mol. The van der Waals surface area contributed by atoms with E-state index >= 15 is 0 Å². The number of hydrogen-bond donors (Lipinski definition) is 2. The zero-order valence-electron chi connectivity index (χ0n) is 19.6. The van der Waals surface area contributed by atoms with E-state index in [1.807, 2.05) is 24.3 Å². The fraction of sp³-hybridized carbons (Fsp3) is 0.517. The molecule has 5 rings (SSSR count). The van der Waals surface area contributed by atoms with Crippen LogP contribution in [0.3, 0.4) is 0 Å². The van der Waals surface area contributed by atoms with Crippen molar-refractivity contribution >= 4 is 11.6 Å². The Labute approximate surface area is 195 Å². The quantitative estimate of drug-likeness (QED) is 0.520. The SMILES string of the molecule is CC#C[C@]1(O)CC[C@H]2[C@@H]3C[C@H](O)C4=CC(=O)CCC4=C3[C@@H](c3ccc(C(C)=O)cc3)C[C@@]21C. The first kappa shape index (κ1) is 22.3. The number of benzene rings is 1. The summed E-state index contributed by atoms with van der Waals surface area (Å²) in [6, 6.07) is 7.85. The van der Waals surface area contributed by atoms with Gasteiger partial charge in [-0.05, 0) is 80.6 Å². The second kappa shape index (κ2) is 7.79. The highest BCUT2D eigenvalue weighted by Crippen LogP contribution is 2.66. The second-order valence-electron chi connectivity index (χ2n) is 10.6. The molecule has 2 N–H and O–H groups in total. The minimum atomic E-state index is -1.05. The summed E-state index contributed by atoms with van der Waals surface area (Å²) >= 11 is 0. The summed E-state index contributed by atoms with van der Waals surface area (Å²) in [5, 5.41) is 22.8. The van der Waals surface area contributed by atoms with E-state index in [1.54, 1.807) is 19.9 Å². The molecular weight excluding hydrogens is 412 g/mol. The predicted octanol–water partition coefficient (Wildman–Crippen LogP) is 4.51. The average Bonchev–Trinajstić information content (AvgIpc) is 3.04. The zero-order valence-corrected chi connectivity index (χ0v) is 19.6. The van der Waals surface area contributed by atoms with E-state index in [0.29, 0.717) is 31.2 Å². The van der Waals surface area contributed by atoms with E-state index in [2.05, 4.69) is 18.8 Å². The molecule has 6 atom stereocenters. The molecule has 2 fully saturated rings. The van der Waals surface area contributed by atoms with Gasteiger partial charge in [0.25, 0.3) is 0 Å². The molecule has 4 aliphatic carbocycles. The highest BCUT2D eigenvalue weighted by molar-refractivity contribution is 5.94. The van der Waals surface area contributed by atoms with Crippen LogP contribution >= 0.6 is 0 Å². The van der Waals surface area contributed by atoms with Gasteiger partial charge >= 0.3 is 0 Å². The van der Waals surface area contributed by atoms with Crippen molar-refractivity contribution in [3.8, 4) is 11.8 Å². The molecular formula is C29H32O4. The number of fused-ring (bicyclic) bond motifs is 4. The largest absolute Gasteiger partial charge is 0.388 e. The molecule has 0 amide bonds. The zero-order chi connectivity index (χ0) is 23.5. The van der Waals surface area contributed by atoms with Crippen molar-refractivity contribution in [2.45, 2.75) is 76.9 Å². The summed E-state index contributed by atoms with van der Waals surface area (Å²) in [7, 11) is 0. The molecule has 1 aromatic carbocycles. The summed E-state index contributed by atoms with van der Waals surface area (Å²) in [6.45, 7) is 5.53. The maximum atomic E-state index is 12.2. The lowest BCUT2D eigenvalue weighted by Gasteiger charge is -2.54. The topological polar surface area (TPSA) is 74.6 Å². The number of carbonyl (C=O) groups excluding carboxylic acids is 2. The van der Waals surface area contributed by atoms with Crippen molar-refractivity contribution in [2.24, 2.45) is 17.3 Å². The molecule has 4 nitrogen and oxygen atoms in total. The Morgan fingerprint density at radius 1 is 1.18 bits per heavy atom. The Kier molecular flexibility index (Phi) is 5.27. The van der Waals surface area contributed by atoms with Gasteiger partial charge in [-0.3, -0.25) is 9.59 Å². The van der Waals surface area contributed by atoms with Crippen molar-refractivity contribution in [3.05, 3.63) is 58.2 Å². The Bertz CT molecular complexity index is 1140. The van der Waals surface area contributed by atoms with Crippen LogP contribution in [-0.4, -0.2) is 33.5 Å². The van der Waals surface area contributed by atoms with Crippen LogP contribution in [0.2, 0.25) is 0 Å². The average molecular weight is 445 g/mol. The van der Waals surface area contributed by atoms with Gasteiger partial charge in [-0.25, -0.2) is 0 Å². The first-order valence-corrected chi connectivity index (χ1v) is 12.1. The first-order chi connectivity index (χ1) is 15.7. The third kappa shape index (κ3) is 3.28. The summed E-state index contributed by atoms with van der Waals surface area (Å²) in [5.41, 5.74) is 3.64. The van der Waals surface area contributed by atoms with Crippen molar-refractivity contribution in [2.75, 3.05) is 0 Å². The maximum Gasteiger partial charge on any atom is 0.159 e. The molecule has 0 heterocycles. The summed E-state index contributed by atoms with van der Waals surface area (Å²) in [5.74, 6) is 6.67. The molecule has 4 aliphatic rings. The molecule has 0 radical (unpaired) electrons. The van der Waals surface area contributed by atoms with E-state index < -0.39 is 17.1 Å². The van der Waals surface area contributed by atoms with Crippen LogP contribution < -0.4 is 0 Å². The number of aliphatic hydroxyl groups excluding tert-OH is 1. The number of rotatable bonds is 2. The molecule has 0 unspecified atom stereocenters. The van der Waals surface area contributed by atoms with Crippen LogP contribution in [0.1, 0.15) is 81.1 Å². The van der Waals surface area contributed by atoms with Gasteiger partial charge < -0.3 is 10.2 Å². The van der Waals surface area contributed by atoms with Crippen molar-refractivity contribution in [1.29, 1.82) is 0 Å². The van der Waals surface area contributed by atoms with Crippen molar-refractivity contribution in [3.63, 3.8) is 0 Å². The van der Waals surface area contributed by atoms with E-state index in [4.69, 9.17) is 0 Å². The molecule has 1 aromatic rings. The molecule has 0 bridgehead atoms. The smallest absolute Gasteiger partial charge is 0.159 e. The minimum absolute atomic E-state index is 0.0392. The number of aliphatic hydroxyl groups is 2. The predicted molar refractivity (Wildman–Crippen MR) is 126 cm³/mol. The van der Waals surface area contributed by atoms with E-state index in [9.17, 15) is 19.8 Å². The third-order valence-corrected chi connectivity index (χ3v) is 8.99. The van der Waals surface area contributed by atoms with Crippen LogP contribution in [-0.2, 0) is 4.79 Å². The number of carbonyl (C=O) groups is 2. The summed E-state index contributed by atoms with van der Waals surface area (Å²) in [4.78, 5) is 24.0. The van der Waals surface area contributed by atoms with Crippen LogP contribution in [0.4, 0.5) is 0 Å². The van der Waals surface area contributed by atoms with Gasteiger partial charge in [-0.1, -0.05) is 42.7 Å². The van der Waals surface area contributed by atoms with Crippen LogP contribution in [0.5, 0.6) is 0 Å². The Balaban J connectivity index is 1.70. The number of Topliss-reactive ketones (excluding diaryl/α,β-unsaturated/α-hetero) is 1. The Morgan fingerprint density at radius 3 is 2.58 bits per heavy atom. The van der Waals surface area contributed by atoms with Crippen LogP contribution in [0, 0.1) is 29.1 Å². The van der Waals surface area contributed by atoms with Gasteiger partial charge in [-0.2, -0.15) is 0 Å². The number of ketones is 2. The molecule has 172 valence electrons. The molecule has 0 aliphatic heterocycles. The normalized spacial score (nSPS) is 37.4. The molecule has 4 heteroatoms. The standard InChI is InChI=1S/C29H32O4/c1-4-12-29(33)13-11-25-23-15-26(32)22-14-20(31)9-10-21(22)27(23)24(16-28(25,29)3)19-7-5-18(6-8-19)17(2)30/h5-8,14,23-26,32-33H,9-11,13,15-16H2,1-3H3/t23-,24+,25-,26-,28-,29-/m0/s1. The first-order valence-electron chi connectivity index (χ1n) is 12.1. The van der Waals surface area contributed by atoms with Gasteiger partial charge in [0.15, 0.2) is 11.6 Å². The van der Waals surface area contributed by atoms with Gasteiger partial charge in [0.2, 0.25) is 0 Å². The molecule has 2 saturated carbocycles. The lowest BCUT2D eigenvalue weighted by molar-refractivity contribution is -0.115. The van der Waals surface area contributed by atoms with E-state index in [0.717, 1.165) is 29.6 Å². The van der Waals surface area contributed by atoms with Gasteiger partial charge in [0, 0.05) is 23.3 Å². The Morgan fingerprint density at radius 2 is 1.91 bits per heavy atom. The van der Waals surface area contributed by atoms with Crippen molar-refractivity contribution < 1.29 is 19.8 Å². The van der Waals surface area contributed by atoms with Crippen LogP contribution in [0.15, 0.2) is 47.1 Å². The lowest BCUT2D eigenvalue weighted by atomic mass is 9.51. The molecule has 0 saturated heterocycles. The fourth-order valence-corrected chi connectivity index (χ4v) is 7.34. The minimum Gasteiger partial charge on any atom is -0.388 e. The Hall–Kier alpha value is -2.48. The van der Waals surface area contributed by atoms with Gasteiger partial charge in [0.1, 0.15) is 5.60 Å². The molecule has 0 spiro atoms. The van der Waals surface area contributed by atoms with Crippen LogP contribution in [0.25, 0.3) is 0 Å². The van der Waals surface area contributed by atoms with Crippen molar-refractivity contribution in [1.82, 2.24) is 0 Å². The fourth-order valence-electron chi connectivity index (χ4n) is 7.34. The second-order valence-corrected chi connectivity index (χ2v) is 10.6. The number of hydrogen-bond acceptors (Lipinski definition) is 4. The maximum absolute atomic E-state index is 12.2. The lowest BCUT2D eigenvalue weighted by Crippen LogP contribution is -2.52. The molecule has 0 aromatic heterocycles. The highest BCUT2D eigenvalue weighted by Gasteiger charge is 2.63. The van der Waals surface area contributed by atoms with Gasteiger partial charge in [0.05, 0.1) is 6.10 Å². The highest BCUT2D eigenvalue weighted by atomic mass is 16.3. The third-order valence-electron chi connectivity index (χ3n) is 8.99. The molecule has 33 heavy (non-hydrogen) atoms. The summed E-state index contributed by atoms with van der Waals surface area (Å²) < 4.78 is 0.